The highest BCUT2D eigenvalue weighted by Crippen LogP contribution is 2.32. The van der Waals surface area contributed by atoms with Crippen LogP contribution in [0.25, 0.3) is 0 Å². The van der Waals surface area contributed by atoms with Crippen LogP contribution < -0.4 is 4.74 Å². The number of piperidine rings is 1. The molecule has 0 aromatic heterocycles. The lowest BCUT2D eigenvalue weighted by atomic mass is 9.92. The zero-order valence-electron chi connectivity index (χ0n) is 13.5. The predicted octanol–water partition coefficient (Wildman–Crippen LogP) is 1.47. The minimum absolute atomic E-state index is 0.0186. The van der Waals surface area contributed by atoms with Gasteiger partial charge in [0.1, 0.15) is 18.0 Å². The molecule has 6 nitrogen and oxygen atoms in total. The summed E-state index contributed by atoms with van der Waals surface area (Å²) in [6.45, 7) is 3.65. The van der Waals surface area contributed by atoms with Gasteiger partial charge in [-0.2, -0.15) is 0 Å². The van der Waals surface area contributed by atoms with Crippen molar-refractivity contribution in [1.29, 1.82) is 0 Å². The fraction of sp³-hybridized carbons (Fsp3) is 0.588. The Morgan fingerprint density at radius 2 is 2.09 bits per heavy atom. The first-order chi connectivity index (χ1) is 11.1. The second kappa shape index (κ2) is 6.76. The van der Waals surface area contributed by atoms with Crippen molar-refractivity contribution in [3.63, 3.8) is 0 Å². The Kier molecular flexibility index (Phi) is 4.73. The normalized spacial score (nSPS) is 25.0. The van der Waals surface area contributed by atoms with Crippen molar-refractivity contribution in [1.82, 2.24) is 9.80 Å². The summed E-state index contributed by atoms with van der Waals surface area (Å²) >= 11 is 0. The SMILES string of the molecule is CN1CC2(CCCN(Cc3ccc(OCCO)cc3)C2)OC1=O. The van der Waals surface area contributed by atoms with Gasteiger partial charge in [-0.1, -0.05) is 12.1 Å². The summed E-state index contributed by atoms with van der Waals surface area (Å²) in [5, 5.41) is 8.77. The van der Waals surface area contributed by atoms with Crippen molar-refractivity contribution < 1.29 is 19.4 Å². The predicted molar refractivity (Wildman–Crippen MR) is 85.4 cm³/mol. The maximum atomic E-state index is 11.7. The highest BCUT2D eigenvalue weighted by atomic mass is 16.6. The number of hydrogen-bond donors (Lipinski definition) is 1. The van der Waals surface area contributed by atoms with Crippen LogP contribution in [-0.4, -0.2) is 66.5 Å². The summed E-state index contributed by atoms with van der Waals surface area (Å²) in [5.74, 6) is 0.768. The number of amides is 1. The fourth-order valence-electron chi connectivity index (χ4n) is 3.44. The van der Waals surface area contributed by atoms with Crippen LogP contribution in [0.4, 0.5) is 4.79 Å². The quantitative estimate of drug-likeness (QED) is 0.890. The number of ether oxygens (including phenoxy) is 2. The van der Waals surface area contributed by atoms with Gasteiger partial charge in [-0.15, -0.1) is 0 Å². The number of carbonyl (C=O) groups excluding carboxylic acids is 1. The van der Waals surface area contributed by atoms with Crippen molar-refractivity contribution in [2.75, 3.05) is 39.9 Å². The number of aliphatic hydroxyl groups is 1. The lowest BCUT2D eigenvalue weighted by Crippen LogP contribution is -2.50. The summed E-state index contributed by atoms with van der Waals surface area (Å²) in [4.78, 5) is 15.7. The molecule has 0 aliphatic carbocycles. The number of likely N-dealkylation sites (tertiary alicyclic amines) is 1. The van der Waals surface area contributed by atoms with E-state index in [2.05, 4.69) is 4.90 Å². The van der Waals surface area contributed by atoms with Crippen LogP contribution in [-0.2, 0) is 11.3 Å². The van der Waals surface area contributed by atoms with Gasteiger partial charge in [-0.05, 0) is 37.1 Å². The Labute approximate surface area is 136 Å². The van der Waals surface area contributed by atoms with E-state index in [-0.39, 0.29) is 18.3 Å². The van der Waals surface area contributed by atoms with Crippen LogP contribution in [0.5, 0.6) is 5.75 Å². The highest BCUT2D eigenvalue weighted by Gasteiger charge is 2.46. The maximum absolute atomic E-state index is 11.7. The maximum Gasteiger partial charge on any atom is 0.410 e. The first kappa shape index (κ1) is 16.1. The van der Waals surface area contributed by atoms with Gasteiger partial charge in [0.15, 0.2) is 0 Å². The molecule has 1 spiro atoms. The third kappa shape index (κ3) is 3.76. The Morgan fingerprint density at radius 3 is 2.74 bits per heavy atom. The summed E-state index contributed by atoms with van der Waals surface area (Å²) < 4.78 is 11.0. The Morgan fingerprint density at radius 1 is 1.30 bits per heavy atom. The molecule has 2 aliphatic heterocycles. The molecule has 1 amide bonds. The number of likely N-dealkylation sites (N-methyl/N-ethyl adjacent to an activating group) is 1. The number of hydrogen-bond acceptors (Lipinski definition) is 5. The van der Waals surface area contributed by atoms with E-state index in [4.69, 9.17) is 14.6 Å². The van der Waals surface area contributed by atoms with Crippen LogP contribution >= 0.6 is 0 Å². The number of rotatable bonds is 5. The largest absolute Gasteiger partial charge is 0.491 e. The average Bonchev–Trinajstić information content (AvgIpc) is 2.80. The molecular formula is C17H24N2O4. The summed E-state index contributed by atoms with van der Waals surface area (Å²) in [6, 6.07) is 7.93. The Balaban J connectivity index is 1.58. The fourth-order valence-corrected chi connectivity index (χ4v) is 3.44. The van der Waals surface area contributed by atoms with E-state index in [9.17, 15) is 4.79 Å². The van der Waals surface area contributed by atoms with Crippen molar-refractivity contribution >= 4 is 6.09 Å². The first-order valence-electron chi connectivity index (χ1n) is 8.09. The molecule has 2 aliphatic rings. The number of aliphatic hydroxyl groups excluding tert-OH is 1. The van der Waals surface area contributed by atoms with E-state index in [0.717, 1.165) is 38.2 Å². The van der Waals surface area contributed by atoms with Crippen molar-refractivity contribution in [2.24, 2.45) is 0 Å². The minimum atomic E-state index is -0.339. The van der Waals surface area contributed by atoms with Gasteiger partial charge in [0, 0.05) is 20.1 Å². The second-order valence-corrected chi connectivity index (χ2v) is 6.44. The van der Waals surface area contributed by atoms with Crippen LogP contribution in [0, 0.1) is 0 Å². The molecule has 6 heteroatoms. The highest BCUT2D eigenvalue weighted by molar-refractivity contribution is 5.70. The monoisotopic (exact) mass is 320 g/mol. The van der Waals surface area contributed by atoms with Gasteiger partial charge in [0.05, 0.1) is 13.2 Å². The van der Waals surface area contributed by atoms with E-state index >= 15 is 0 Å². The average molecular weight is 320 g/mol. The van der Waals surface area contributed by atoms with Crippen LogP contribution in [0.15, 0.2) is 24.3 Å². The van der Waals surface area contributed by atoms with Gasteiger partial charge < -0.3 is 19.5 Å². The number of carbonyl (C=O) groups is 1. The van der Waals surface area contributed by atoms with Crippen LogP contribution in [0.1, 0.15) is 18.4 Å². The summed E-state index contributed by atoms with van der Waals surface area (Å²) in [7, 11) is 1.79. The topological polar surface area (TPSA) is 62.2 Å². The molecule has 0 radical (unpaired) electrons. The van der Waals surface area contributed by atoms with Crippen LogP contribution in [0.2, 0.25) is 0 Å². The molecule has 1 unspecified atom stereocenters. The molecule has 1 aromatic carbocycles. The number of nitrogens with zero attached hydrogens (tertiary/aromatic N) is 2. The molecule has 0 bridgehead atoms. The smallest absolute Gasteiger partial charge is 0.410 e. The molecule has 1 aromatic rings. The van der Waals surface area contributed by atoms with Crippen LogP contribution in [0.3, 0.4) is 0 Å². The molecular weight excluding hydrogens is 296 g/mol. The second-order valence-electron chi connectivity index (χ2n) is 6.44. The number of benzene rings is 1. The van der Waals surface area contributed by atoms with Gasteiger partial charge in [0.25, 0.3) is 0 Å². The zero-order chi connectivity index (χ0) is 16.3. The summed E-state index contributed by atoms with van der Waals surface area (Å²) in [5.41, 5.74) is 0.866. The van der Waals surface area contributed by atoms with Crippen molar-refractivity contribution in [3.05, 3.63) is 29.8 Å². The summed E-state index contributed by atoms with van der Waals surface area (Å²) in [6.07, 6.45) is 1.77. The van der Waals surface area contributed by atoms with E-state index < -0.39 is 0 Å². The third-order valence-electron chi connectivity index (χ3n) is 4.45. The van der Waals surface area contributed by atoms with Gasteiger partial charge >= 0.3 is 6.09 Å². The Hall–Kier alpha value is -1.79. The molecule has 1 atom stereocenters. The molecule has 23 heavy (non-hydrogen) atoms. The van der Waals surface area contributed by atoms with E-state index in [1.54, 1.807) is 11.9 Å². The molecule has 126 valence electrons. The molecule has 2 heterocycles. The van der Waals surface area contributed by atoms with Gasteiger partial charge in [-0.25, -0.2) is 4.79 Å². The van der Waals surface area contributed by atoms with Crippen molar-refractivity contribution in [3.8, 4) is 5.75 Å². The molecule has 2 saturated heterocycles. The Bertz CT molecular complexity index is 548. The lowest BCUT2D eigenvalue weighted by molar-refractivity contribution is -0.0113. The van der Waals surface area contributed by atoms with Crippen molar-refractivity contribution in [2.45, 2.75) is 25.0 Å². The van der Waals surface area contributed by atoms with E-state index in [1.807, 2.05) is 24.3 Å². The molecule has 2 fully saturated rings. The van der Waals surface area contributed by atoms with E-state index in [0.29, 0.717) is 13.2 Å². The molecule has 0 saturated carbocycles. The molecule has 3 rings (SSSR count). The minimum Gasteiger partial charge on any atom is -0.491 e. The van der Waals surface area contributed by atoms with Gasteiger partial charge in [0.2, 0.25) is 0 Å². The lowest BCUT2D eigenvalue weighted by Gasteiger charge is -2.38. The molecule has 1 N–H and O–H groups in total. The zero-order valence-corrected chi connectivity index (χ0v) is 13.5. The van der Waals surface area contributed by atoms with E-state index in [1.165, 1.54) is 5.56 Å². The van der Waals surface area contributed by atoms with Gasteiger partial charge in [-0.3, -0.25) is 4.90 Å². The third-order valence-corrected chi connectivity index (χ3v) is 4.45. The standard InChI is InChI=1S/C17H24N2O4/c1-18-12-17(23-16(18)21)7-2-8-19(13-17)11-14-3-5-15(6-4-14)22-10-9-20/h3-6,20H,2,7-13H2,1H3. The first-order valence-corrected chi connectivity index (χ1v) is 8.09.